The van der Waals surface area contributed by atoms with E-state index in [4.69, 9.17) is 14.2 Å². The van der Waals surface area contributed by atoms with Crippen LogP contribution in [0, 0.1) is 5.92 Å². The molecule has 1 aromatic rings. The van der Waals surface area contributed by atoms with E-state index < -0.39 is 10.0 Å². The molecule has 0 aromatic heterocycles. The molecule has 7 nitrogen and oxygen atoms in total. The lowest BCUT2D eigenvalue weighted by Gasteiger charge is -2.16. The first kappa shape index (κ1) is 17.0. The van der Waals surface area contributed by atoms with Crippen molar-refractivity contribution in [2.45, 2.75) is 4.90 Å². The monoisotopic (exact) mass is 330 g/mol. The number of methoxy groups -OCH3 is 2. The Labute approximate surface area is 131 Å². The summed E-state index contributed by atoms with van der Waals surface area (Å²) >= 11 is 0. The first-order valence-electron chi connectivity index (χ1n) is 7.07. The van der Waals surface area contributed by atoms with Crippen molar-refractivity contribution in [2.24, 2.45) is 5.92 Å². The first-order valence-corrected chi connectivity index (χ1v) is 8.55. The van der Waals surface area contributed by atoms with Crippen LogP contribution in [0.4, 0.5) is 0 Å². The minimum absolute atomic E-state index is 0.0665. The maximum atomic E-state index is 12.5. The van der Waals surface area contributed by atoms with Gasteiger partial charge in [-0.05, 0) is 12.1 Å². The SMILES string of the molecule is COc1ccc(OC)c(S(=O)(=O)NCC2CNCCOC2)c1. The van der Waals surface area contributed by atoms with E-state index in [1.54, 1.807) is 12.1 Å². The van der Waals surface area contributed by atoms with Crippen LogP contribution in [0.15, 0.2) is 23.1 Å². The molecule has 0 saturated carbocycles. The molecular formula is C14H22N2O5S. The van der Waals surface area contributed by atoms with E-state index in [2.05, 4.69) is 10.0 Å². The summed E-state index contributed by atoms with van der Waals surface area (Å²) in [5.74, 6) is 0.832. The van der Waals surface area contributed by atoms with Crippen LogP contribution < -0.4 is 19.5 Å². The van der Waals surface area contributed by atoms with E-state index in [1.165, 1.54) is 20.3 Å². The van der Waals surface area contributed by atoms with Gasteiger partial charge in [-0.2, -0.15) is 0 Å². The van der Waals surface area contributed by atoms with Gasteiger partial charge in [0.1, 0.15) is 16.4 Å². The van der Waals surface area contributed by atoms with Crippen LogP contribution in [0.1, 0.15) is 0 Å². The summed E-state index contributed by atoms with van der Waals surface area (Å²) in [6, 6.07) is 4.67. The molecule has 1 aromatic carbocycles. The second-order valence-corrected chi connectivity index (χ2v) is 6.75. The Kier molecular flexibility index (Phi) is 6.01. The van der Waals surface area contributed by atoms with Gasteiger partial charge in [-0.1, -0.05) is 0 Å². The maximum absolute atomic E-state index is 12.5. The van der Waals surface area contributed by atoms with E-state index >= 15 is 0 Å². The molecule has 1 saturated heterocycles. The van der Waals surface area contributed by atoms with Crippen molar-refractivity contribution in [3.8, 4) is 11.5 Å². The summed E-state index contributed by atoms with van der Waals surface area (Å²) < 4.78 is 43.2. The molecule has 8 heteroatoms. The summed E-state index contributed by atoms with van der Waals surface area (Å²) in [5, 5.41) is 3.21. The summed E-state index contributed by atoms with van der Waals surface area (Å²) in [4.78, 5) is 0.0665. The second kappa shape index (κ2) is 7.77. The van der Waals surface area contributed by atoms with Crippen molar-refractivity contribution in [2.75, 3.05) is 47.1 Å². The maximum Gasteiger partial charge on any atom is 0.244 e. The van der Waals surface area contributed by atoms with Crippen molar-refractivity contribution in [1.82, 2.24) is 10.0 Å². The minimum Gasteiger partial charge on any atom is -0.497 e. The molecule has 124 valence electrons. The van der Waals surface area contributed by atoms with Crippen molar-refractivity contribution in [1.29, 1.82) is 0 Å². The Bertz CT molecular complexity index is 583. The van der Waals surface area contributed by atoms with Crippen molar-refractivity contribution in [3.05, 3.63) is 18.2 Å². The molecular weight excluding hydrogens is 308 g/mol. The molecule has 0 bridgehead atoms. The van der Waals surface area contributed by atoms with Gasteiger partial charge in [0, 0.05) is 31.6 Å². The zero-order valence-electron chi connectivity index (χ0n) is 12.8. The Morgan fingerprint density at radius 3 is 2.91 bits per heavy atom. The largest absolute Gasteiger partial charge is 0.497 e. The molecule has 0 spiro atoms. The van der Waals surface area contributed by atoms with Crippen LogP contribution in [0.2, 0.25) is 0 Å². The van der Waals surface area contributed by atoms with Crippen LogP contribution >= 0.6 is 0 Å². The number of ether oxygens (including phenoxy) is 3. The highest BCUT2D eigenvalue weighted by atomic mass is 32.2. The Balaban J connectivity index is 2.12. The third kappa shape index (κ3) is 4.33. The first-order chi connectivity index (χ1) is 10.6. The third-order valence-corrected chi connectivity index (χ3v) is 4.88. The van der Waals surface area contributed by atoms with Gasteiger partial charge in [0.25, 0.3) is 0 Å². The number of hydrogen-bond donors (Lipinski definition) is 2. The van der Waals surface area contributed by atoms with E-state index in [0.29, 0.717) is 25.5 Å². The highest BCUT2D eigenvalue weighted by Crippen LogP contribution is 2.28. The molecule has 2 rings (SSSR count). The standard InChI is InChI=1S/C14H22N2O5S/c1-19-12-3-4-13(20-2)14(7-12)22(17,18)16-9-11-8-15-5-6-21-10-11/h3-4,7,11,15-16H,5-6,8-10H2,1-2H3. The quantitative estimate of drug-likeness (QED) is 0.776. The summed E-state index contributed by atoms with van der Waals surface area (Å²) in [7, 11) is -0.765. The highest BCUT2D eigenvalue weighted by molar-refractivity contribution is 7.89. The summed E-state index contributed by atoms with van der Waals surface area (Å²) in [6.45, 7) is 2.98. The minimum atomic E-state index is -3.69. The summed E-state index contributed by atoms with van der Waals surface area (Å²) in [5.41, 5.74) is 0. The van der Waals surface area contributed by atoms with E-state index in [9.17, 15) is 8.42 Å². The zero-order chi connectivity index (χ0) is 16.0. The molecule has 1 aliphatic heterocycles. The molecule has 2 N–H and O–H groups in total. The molecule has 1 unspecified atom stereocenters. The smallest absolute Gasteiger partial charge is 0.244 e. The lowest BCUT2D eigenvalue weighted by atomic mass is 10.2. The van der Waals surface area contributed by atoms with Crippen molar-refractivity contribution in [3.63, 3.8) is 0 Å². The Morgan fingerprint density at radius 2 is 2.18 bits per heavy atom. The zero-order valence-corrected chi connectivity index (χ0v) is 13.6. The normalized spacial score (nSPS) is 19.5. The fourth-order valence-electron chi connectivity index (χ4n) is 2.19. The predicted molar refractivity (Wildman–Crippen MR) is 81.9 cm³/mol. The molecule has 0 amide bonds. The molecule has 1 atom stereocenters. The lowest BCUT2D eigenvalue weighted by Crippen LogP contribution is -2.35. The fraction of sp³-hybridized carbons (Fsp3) is 0.571. The molecule has 0 radical (unpaired) electrons. The van der Waals surface area contributed by atoms with Crippen LogP contribution in [0.25, 0.3) is 0 Å². The van der Waals surface area contributed by atoms with Crippen LogP contribution in [0.3, 0.4) is 0 Å². The number of benzene rings is 1. The van der Waals surface area contributed by atoms with Gasteiger partial charge in [0.15, 0.2) is 0 Å². The number of hydrogen-bond acceptors (Lipinski definition) is 6. The van der Waals surface area contributed by atoms with Crippen molar-refractivity contribution >= 4 is 10.0 Å². The predicted octanol–water partition coefficient (Wildman–Crippen LogP) is 0.218. The van der Waals surface area contributed by atoms with Crippen LogP contribution in [-0.2, 0) is 14.8 Å². The lowest BCUT2D eigenvalue weighted by molar-refractivity contribution is 0.124. The molecule has 0 aliphatic carbocycles. The van der Waals surface area contributed by atoms with Gasteiger partial charge in [-0.25, -0.2) is 13.1 Å². The fourth-order valence-corrected chi connectivity index (χ4v) is 3.49. The molecule has 1 fully saturated rings. The number of nitrogens with one attached hydrogen (secondary N) is 2. The van der Waals surface area contributed by atoms with Crippen molar-refractivity contribution < 1.29 is 22.6 Å². The van der Waals surface area contributed by atoms with Gasteiger partial charge in [-0.3, -0.25) is 0 Å². The topological polar surface area (TPSA) is 85.9 Å². The number of sulfonamides is 1. The van der Waals surface area contributed by atoms with E-state index in [1.807, 2.05) is 0 Å². The Morgan fingerprint density at radius 1 is 1.36 bits per heavy atom. The van der Waals surface area contributed by atoms with Crippen LogP contribution in [-0.4, -0.2) is 55.5 Å². The average molecular weight is 330 g/mol. The van der Waals surface area contributed by atoms with Gasteiger partial charge >= 0.3 is 0 Å². The van der Waals surface area contributed by atoms with E-state index in [-0.39, 0.29) is 16.6 Å². The van der Waals surface area contributed by atoms with Gasteiger partial charge < -0.3 is 19.5 Å². The number of rotatable bonds is 6. The highest BCUT2D eigenvalue weighted by Gasteiger charge is 2.22. The van der Waals surface area contributed by atoms with Crippen LogP contribution in [0.5, 0.6) is 11.5 Å². The van der Waals surface area contributed by atoms with Gasteiger partial charge in [0.2, 0.25) is 10.0 Å². The third-order valence-electron chi connectivity index (χ3n) is 3.43. The second-order valence-electron chi connectivity index (χ2n) is 5.01. The molecule has 22 heavy (non-hydrogen) atoms. The Hall–Kier alpha value is -1.35. The average Bonchev–Trinajstić information content (AvgIpc) is 2.81. The summed E-state index contributed by atoms with van der Waals surface area (Å²) in [6.07, 6.45) is 0. The molecule has 1 heterocycles. The molecule has 1 aliphatic rings. The van der Waals surface area contributed by atoms with Gasteiger partial charge in [-0.15, -0.1) is 0 Å². The van der Waals surface area contributed by atoms with Gasteiger partial charge in [0.05, 0.1) is 27.4 Å². The van der Waals surface area contributed by atoms with E-state index in [0.717, 1.165) is 13.1 Å².